The van der Waals surface area contributed by atoms with E-state index in [4.69, 9.17) is 19.9 Å². The number of nitrogens with two attached hydrogens (primary N) is 1. The van der Waals surface area contributed by atoms with Gasteiger partial charge in [-0.3, -0.25) is 19.8 Å². The lowest BCUT2D eigenvalue weighted by Crippen LogP contribution is -2.50. The minimum atomic E-state index is -0.996. The zero-order chi connectivity index (χ0) is 26.0. The van der Waals surface area contributed by atoms with E-state index >= 15 is 8.78 Å². The summed E-state index contributed by atoms with van der Waals surface area (Å²) in [6.45, 7) is 3.01. The lowest BCUT2D eigenvalue weighted by molar-refractivity contribution is 0.186. The number of anilines is 2. The van der Waals surface area contributed by atoms with Crippen LogP contribution in [0.4, 0.5) is 25.0 Å². The van der Waals surface area contributed by atoms with E-state index in [2.05, 4.69) is 9.98 Å². The van der Waals surface area contributed by atoms with Crippen LogP contribution in [0.2, 0.25) is 0 Å². The minimum Gasteiger partial charge on any atom is -0.493 e. The summed E-state index contributed by atoms with van der Waals surface area (Å²) in [5, 5.41) is 0. The van der Waals surface area contributed by atoms with Gasteiger partial charge in [0.05, 0.1) is 38.8 Å². The second-order valence-corrected chi connectivity index (χ2v) is 8.65. The monoisotopic (exact) mass is 501 g/mol. The first-order valence-electron chi connectivity index (χ1n) is 11.4. The highest BCUT2D eigenvalue weighted by Crippen LogP contribution is 2.41. The summed E-state index contributed by atoms with van der Waals surface area (Å²) in [6, 6.07) is 2.28. The number of nitrogens with zero attached hydrogens (tertiary/aromatic N) is 4. The van der Waals surface area contributed by atoms with Crippen LogP contribution in [0.1, 0.15) is 24.6 Å². The standard InChI is InChI=1S/C25H29F2N5O4/c1-14(28)17(10-29-2)18-7-19-16(9-30-18)12-32(25(33)31(19)11-15-5-6-36-13-15)24-22(26)20(34-3)8-21(35-4)23(24)27/h7-10,15H,5-6,11-13,28H2,1-4H3/t15-/m1/s1. The van der Waals surface area contributed by atoms with Gasteiger partial charge in [-0.1, -0.05) is 0 Å². The number of aromatic nitrogens is 1. The second kappa shape index (κ2) is 10.5. The molecule has 2 aromatic rings. The van der Waals surface area contributed by atoms with Crippen molar-refractivity contribution in [2.75, 3.05) is 50.8 Å². The fraction of sp³-hybridized carbons (Fsp3) is 0.400. The molecule has 0 aliphatic carbocycles. The van der Waals surface area contributed by atoms with Crippen molar-refractivity contribution in [1.29, 1.82) is 0 Å². The lowest BCUT2D eigenvalue weighted by Gasteiger charge is -2.38. The van der Waals surface area contributed by atoms with E-state index in [1.807, 2.05) is 0 Å². The molecule has 2 N–H and O–H groups in total. The van der Waals surface area contributed by atoms with E-state index in [1.165, 1.54) is 19.1 Å². The Labute approximate surface area is 208 Å². The minimum absolute atomic E-state index is 0.0661. The number of hydrogen-bond donors (Lipinski definition) is 1. The van der Waals surface area contributed by atoms with Gasteiger partial charge in [0.25, 0.3) is 0 Å². The number of carbonyl (C=O) groups is 1. The molecule has 4 rings (SSSR count). The summed E-state index contributed by atoms with van der Waals surface area (Å²) in [6.07, 6.45) is 3.95. The van der Waals surface area contributed by atoms with Gasteiger partial charge in [-0.25, -0.2) is 13.6 Å². The van der Waals surface area contributed by atoms with Crippen molar-refractivity contribution >= 4 is 29.2 Å². The second-order valence-electron chi connectivity index (χ2n) is 8.65. The number of amides is 2. The number of urea groups is 1. The molecule has 0 saturated carbocycles. The quantitative estimate of drug-likeness (QED) is 0.580. The Kier molecular flexibility index (Phi) is 7.39. The zero-order valence-electron chi connectivity index (χ0n) is 20.7. The van der Waals surface area contributed by atoms with Crippen molar-refractivity contribution in [1.82, 2.24) is 4.98 Å². The number of aliphatic imine (C=N–C) groups is 1. The highest BCUT2D eigenvalue weighted by molar-refractivity contribution is 6.11. The van der Waals surface area contributed by atoms with Gasteiger partial charge in [0, 0.05) is 61.4 Å². The summed E-state index contributed by atoms with van der Waals surface area (Å²) < 4.78 is 46.4. The molecule has 192 valence electrons. The van der Waals surface area contributed by atoms with Gasteiger partial charge in [-0.2, -0.15) is 0 Å². The van der Waals surface area contributed by atoms with Crippen LogP contribution in [0.5, 0.6) is 11.5 Å². The fourth-order valence-electron chi connectivity index (χ4n) is 4.43. The van der Waals surface area contributed by atoms with Crippen molar-refractivity contribution in [2.24, 2.45) is 16.6 Å². The molecular weight excluding hydrogens is 472 g/mol. The van der Waals surface area contributed by atoms with Gasteiger partial charge in [0.15, 0.2) is 23.1 Å². The van der Waals surface area contributed by atoms with Crippen LogP contribution in [0.15, 0.2) is 29.0 Å². The van der Waals surface area contributed by atoms with Crippen LogP contribution in [0.25, 0.3) is 5.57 Å². The number of rotatable bonds is 7. The van der Waals surface area contributed by atoms with Gasteiger partial charge in [0.1, 0.15) is 5.69 Å². The average Bonchev–Trinajstić information content (AvgIpc) is 3.38. The van der Waals surface area contributed by atoms with Crippen LogP contribution >= 0.6 is 0 Å². The Hall–Kier alpha value is -3.73. The predicted octanol–water partition coefficient (Wildman–Crippen LogP) is 3.75. The van der Waals surface area contributed by atoms with Crippen molar-refractivity contribution in [2.45, 2.75) is 19.9 Å². The lowest BCUT2D eigenvalue weighted by atomic mass is 10.0. The van der Waals surface area contributed by atoms with E-state index in [1.54, 1.807) is 32.4 Å². The molecule has 2 aliphatic rings. The number of benzene rings is 1. The Balaban J connectivity index is 1.86. The SMILES string of the molecule is CN=CC(=C(C)N)c1cc2c(cn1)CN(c1c(F)c(OC)cc(OC)c1F)C(=O)N2C[C@H]1CCOC1. The Morgan fingerprint density at radius 2 is 1.97 bits per heavy atom. The number of ether oxygens (including phenoxy) is 3. The molecule has 1 aromatic heterocycles. The molecule has 0 radical (unpaired) electrons. The van der Waals surface area contributed by atoms with E-state index in [0.29, 0.717) is 48.0 Å². The number of allylic oxidation sites excluding steroid dienone is 2. The van der Waals surface area contributed by atoms with Crippen LogP contribution in [-0.2, 0) is 11.3 Å². The highest BCUT2D eigenvalue weighted by atomic mass is 19.1. The number of methoxy groups -OCH3 is 2. The van der Waals surface area contributed by atoms with Crippen LogP contribution < -0.4 is 25.0 Å². The third-order valence-electron chi connectivity index (χ3n) is 6.29. The van der Waals surface area contributed by atoms with Crippen LogP contribution in [0.3, 0.4) is 0 Å². The first kappa shape index (κ1) is 25.4. The van der Waals surface area contributed by atoms with Gasteiger partial charge in [-0.15, -0.1) is 0 Å². The van der Waals surface area contributed by atoms with E-state index in [-0.39, 0.29) is 24.0 Å². The van der Waals surface area contributed by atoms with Gasteiger partial charge < -0.3 is 19.9 Å². The summed E-state index contributed by atoms with van der Waals surface area (Å²) in [5.41, 5.74) is 8.37. The molecule has 3 heterocycles. The van der Waals surface area contributed by atoms with Gasteiger partial charge >= 0.3 is 6.03 Å². The maximum absolute atomic E-state index is 15.4. The molecule has 0 spiro atoms. The van der Waals surface area contributed by atoms with E-state index in [9.17, 15) is 4.79 Å². The molecule has 0 unspecified atom stereocenters. The van der Waals surface area contributed by atoms with E-state index < -0.39 is 23.4 Å². The molecule has 36 heavy (non-hydrogen) atoms. The summed E-state index contributed by atoms with van der Waals surface area (Å²) in [7, 11) is 4.14. The first-order valence-corrected chi connectivity index (χ1v) is 11.4. The molecule has 1 fully saturated rings. The Bertz CT molecular complexity index is 1200. The van der Waals surface area contributed by atoms with Crippen molar-refractivity contribution in [3.05, 3.63) is 46.9 Å². The molecular formula is C25H29F2N5O4. The largest absolute Gasteiger partial charge is 0.493 e. The predicted molar refractivity (Wildman–Crippen MR) is 133 cm³/mol. The van der Waals surface area contributed by atoms with Crippen LogP contribution in [0, 0.1) is 17.6 Å². The number of hydrogen-bond acceptors (Lipinski definition) is 7. The van der Waals surface area contributed by atoms with Gasteiger partial charge in [-0.05, 0) is 19.4 Å². The summed E-state index contributed by atoms with van der Waals surface area (Å²) in [4.78, 5) is 25.0. The maximum atomic E-state index is 15.4. The number of carbonyl (C=O) groups excluding carboxylic acids is 1. The number of halogens is 2. The van der Waals surface area contributed by atoms with Gasteiger partial charge in [0.2, 0.25) is 0 Å². The average molecular weight is 502 g/mol. The molecule has 2 amide bonds. The fourth-order valence-corrected chi connectivity index (χ4v) is 4.43. The molecule has 0 bridgehead atoms. The Morgan fingerprint density at radius 1 is 1.28 bits per heavy atom. The first-order chi connectivity index (χ1) is 17.3. The van der Waals surface area contributed by atoms with Crippen molar-refractivity contribution < 1.29 is 27.8 Å². The number of pyridine rings is 1. The summed E-state index contributed by atoms with van der Waals surface area (Å²) >= 11 is 0. The Morgan fingerprint density at radius 3 is 2.53 bits per heavy atom. The third kappa shape index (κ3) is 4.58. The maximum Gasteiger partial charge on any atom is 0.329 e. The molecule has 11 heteroatoms. The van der Waals surface area contributed by atoms with Crippen molar-refractivity contribution in [3.63, 3.8) is 0 Å². The molecule has 1 saturated heterocycles. The highest BCUT2D eigenvalue weighted by Gasteiger charge is 2.38. The third-order valence-corrected chi connectivity index (χ3v) is 6.29. The summed E-state index contributed by atoms with van der Waals surface area (Å²) in [5.74, 6) is -2.40. The van der Waals surface area contributed by atoms with Crippen molar-refractivity contribution in [3.8, 4) is 11.5 Å². The number of fused-ring (bicyclic) bond motifs is 1. The smallest absolute Gasteiger partial charge is 0.329 e. The normalized spacial score (nSPS) is 18.5. The molecule has 9 nitrogen and oxygen atoms in total. The molecule has 1 aromatic carbocycles. The zero-order valence-corrected chi connectivity index (χ0v) is 20.7. The van der Waals surface area contributed by atoms with Crippen LogP contribution in [-0.4, -0.2) is 58.3 Å². The van der Waals surface area contributed by atoms with E-state index in [0.717, 1.165) is 17.4 Å². The topological polar surface area (TPSA) is 103 Å². The molecule has 2 aliphatic heterocycles. The molecule has 1 atom stereocenters.